The van der Waals surface area contributed by atoms with Crippen molar-refractivity contribution < 1.29 is 5.11 Å². The van der Waals surface area contributed by atoms with Gasteiger partial charge in [-0.15, -0.1) is 0 Å². The van der Waals surface area contributed by atoms with Crippen molar-refractivity contribution in [2.45, 2.75) is 45.4 Å². The molecular formula is C20H22O. The van der Waals surface area contributed by atoms with E-state index >= 15 is 0 Å². The van der Waals surface area contributed by atoms with Crippen LogP contribution < -0.4 is 0 Å². The predicted molar refractivity (Wildman–Crippen MR) is 87.8 cm³/mol. The molecule has 2 aromatic carbocycles. The maximum atomic E-state index is 9.68. The minimum absolute atomic E-state index is 0.361. The lowest BCUT2D eigenvalue weighted by Crippen LogP contribution is -2.28. The summed E-state index contributed by atoms with van der Waals surface area (Å²) in [5.74, 6) is 1.03. The SMILES string of the molecule is CC=C1CC[C@H]2c3ccc4cc(O)ccc4c3CC[C@]12C. The van der Waals surface area contributed by atoms with E-state index in [9.17, 15) is 5.11 Å². The van der Waals surface area contributed by atoms with E-state index in [0.717, 1.165) is 6.42 Å². The Morgan fingerprint density at radius 2 is 2.05 bits per heavy atom. The second kappa shape index (κ2) is 4.37. The van der Waals surface area contributed by atoms with Gasteiger partial charge in [-0.3, -0.25) is 0 Å². The highest BCUT2D eigenvalue weighted by atomic mass is 16.3. The number of phenolic OH excluding ortho intramolecular Hbond substituents is 1. The van der Waals surface area contributed by atoms with Gasteiger partial charge < -0.3 is 5.11 Å². The quantitative estimate of drug-likeness (QED) is 0.646. The summed E-state index contributed by atoms with van der Waals surface area (Å²) >= 11 is 0. The maximum Gasteiger partial charge on any atom is 0.116 e. The molecule has 2 aliphatic rings. The van der Waals surface area contributed by atoms with Crippen LogP contribution in [-0.2, 0) is 6.42 Å². The van der Waals surface area contributed by atoms with Crippen LogP contribution in [0.25, 0.3) is 10.8 Å². The van der Waals surface area contributed by atoms with Gasteiger partial charge in [-0.2, -0.15) is 0 Å². The van der Waals surface area contributed by atoms with E-state index in [-0.39, 0.29) is 0 Å². The Kier molecular flexibility index (Phi) is 2.69. The molecule has 0 radical (unpaired) electrons. The van der Waals surface area contributed by atoms with Gasteiger partial charge in [-0.25, -0.2) is 0 Å². The van der Waals surface area contributed by atoms with E-state index in [1.54, 1.807) is 11.1 Å². The Hall–Kier alpha value is -1.76. The fraction of sp³-hybridized carbons (Fsp3) is 0.400. The number of aromatic hydroxyl groups is 1. The lowest BCUT2D eigenvalue weighted by molar-refractivity contribution is 0.307. The van der Waals surface area contributed by atoms with Crippen LogP contribution in [0.3, 0.4) is 0 Å². The van der Waals surface area contributed by atoms with Crippen LogP contribution >= 0.6 is 0 Å². The van der Waals surface area contributed by atoms with Crippen molar-refractivity contribution in [3.63, 3.8) is 0 Å². The molecule has 1 nitrogen and oxygen atoms in total. The highest BCUT2D eigenvalue weighted by Gasteiger charge is 2.45. The molecule has 0 unspecified atom stereocenters. The molecule has 0 aliphatic heterocycles. The van der Waals surface area contributed by atoms with Gasteiger partial charge in [-0.1, -0.05) is 36.8 Å². The standard InChI is InChI=1S/C20H22O/c1-3-14-5-9-19-18-7-4-13-12-15(21)6-8-16(13)17(18)10-11-20(14,19)2/h3-4,6-8,12,19,21H,5,9-11H2,1-2H3/t19-,20+/m0/s1. The summed E-state index contributed by atoms with van der Waals surface area (Å²) in [7, 11) is 0. The number of fused-ring (bicyclic) bond motifs is 5. The molecular weight excluding hydrogens is 256 g/mol. The zero-order valence-electron chi connectivity index (χ0n) is 12.8. The van der Waals surface area contributed by atoms with Crippen LogP contribution in [-0.4, -0.2) is 5.11 Å². The van der Waals surface area contributed by atoms with Crippen molar-refractivity contribution in [1.82, 2.24) is 0 Å². The van der Waals surface area contributed by atoms with Crippen LogP contribution in [0.4, 0.5) is 0 Å². The lowest BCUT2D eigenvalue weighted by atomic mass is 9.65. The minimum atomic E-state index is 0.361. The van der Waals surface area contributed by atoms with Gasteiger partial charge >= 0.3 is 0 Å². The minimum Gasteiger partial charge on any atom is -0.508 e. The molecule has 1 heteroatoms. The summed E-state index contributed by atoms with van der Waals surface area (Å²) in [5, 5.41) is 12.2. The largest absolute Gasteiger partial charge is 0.508 e. The van der Waals surface area contributed by atoms with Gasteiger partial charge in [0.25, 0.3) is 0 Å². The van der Waals surface area contributed by atoms with Crippen LogP contribution in [0.5, 0.6) is 5.75 Å². The molecule has 2 atom stereocenters. The first-order valence-electron chi connectivity index (χ1n) is 8.03. The van der Waals surface area contributed by atoms with Gasteiger partial charge in [-0.05, 0) is 78.0 Å². The Morgan fingerprint density at radius 1 is 1.19 bits per heavy atom. The van der Waals surface area contributed by atoms with E-state index in [1.165, 1.54) is 35.6 Å². The van der Waals surface area contributed by atoms with E-state index in [2.05, 4.69) is 38.1 Å². The van der Waals surface area contributed by atoms with Crippen molar-refractivity contribution in [2.24, 2.45) is 5.41 Å². The molecule has 0 aromatic heterocycles. The lowest BCUT2D eigenvalue weighted by Gasteiger charge is -2.39. The van der Waals surface area contributed by atoms with Gasteiger partial charge in [0.2, 0.25) is 0 Å². The summed E-state index contributed by atoms with van der Waals surface area (Å²) < 4.78 is 0. The highest BCUT2D eigenvalue weighted by molar-refractivity contribution is 5.88. The third kappa shape index (κ3) is 1.70. The number of allylic oxidation sites excluding steroid dienone is 2. The molecule has 1 saturated carbocycles. The number of benzene rings is 2. The average molecular weight is 278 g/mol. The van der Waals surface area contributed by atoms with E-state index < -0.39 is 0 Å². The van der Waals surface area contributed by atoms with Crippen molar-refractivity contribution in [2.75, 3.05) is 0 Å². The third-order valence-corrected chi connectivity index (χ3v) is 5.97. The second-order valence-electron chi connectivity index (χ2n) is 6.86. The number of hydrogen-bond acceptors (Lipinski definition) is 1. The Morgan fingerprint density at radius 3 is 2.86 bits per heavy atom. The summed E-state index contributed by atoms with van der Waals surface area (Å²) in [6, 6.07) is 10.3. The van der Waals surface area contributed by atoms with Gasteiger partial charge in [0.1, 0.15) is 5.75 Å². The van der Waals surface area contributed by atoms with Crippen LogP contribution in [0.2, 0.25) is 0 Å². The topological polar surface area (TPSA) is 20.2 Å². The molecule has 2 aliphatic carbocycles. The molecule has 0 amide bonds. The number of rotatable bonds is 0. The normalized spacial score (nSPS) is 29.6. The van der Waals surface area contributed by atoms with Crippen LogP contribution in [0.15, 0.2) is 42.0 Å². The van der Waals surface area contributed by atoms with Crippen molar-refractivity contribution in [3.05, 3.63) is 53.1 Å². The molecule has 21 heavy (non-hydrogen) atoms. The predicted octanol–water partition coefficient (Wildman–Crippen LogP) is 5.32. The van der Waals surface area contributed by atoms with Crippen LogP contribution in [0, 0.1) is 5.41 Å². The van der Waals surface area contributed by atoms with Gasteiger partial charge in [0.05, 0.1) is 0 Å². The number of hydrogen-bond donors (Lipinski definition) is 1. The monoisotopic (exact) mass is 278 g/mol. The summed E-state index contributed by atoms with van der Waals surface area (Å²) in [4.78, 5) is 0. The Balaban J connectivity index is 1.92. The third-order valence-electron chi connectivity index (χ3n) is 5.97. The van der Waals surface area contributed by atoms with Crippen molar-refractivity contribution in [3.8, 4) is 5.75 Å². The first kappa shape index (κ1) is 12.9. The molecule has 0 heterocycles. The van der Waals surface area contributed by atoms with Crippen molar-refractivity contribution in [1.29, 1.82) is 0 Å². The summed E-state index contributed by atoms with van der Waals surface area (Å²) in [6.07, 6.45) is 7.30. The Bertz CT molecular complexity index is 756. The molecule has 0 bridgehead atoms. The first-order chi connectivity index (χ1) is 10.1. The van der Waals surface area contributed by atoms with E-state index in [1.807, 2.05) is 12.1 Å². The van der Waals surface area contributed by atoms with Crippen molar-refractivity contribution >= 4 is 10.8 Å². The number of phenols is 1. The smallest absolute Gasteiger partial charge is 0.116 e. The molecule has 1 N–H and O–H groups in total. The summed E-state index contributed by atoms with van der Waals surface area (Å²) in [5.41, 5.74) is 5.10. The van der Waals surface area contributed by atoms with E-state index in [4.69, 9.17) is 0 Å². The van der Waals surface area contributed by atoms with Gasteiger partial charge in [0, 0.05) is 0 Å². The Labute approximate surface area is 126 Å². The molecule has 1 fully saturated rings. The maximum absolute atomic E-state index is 9.68. The second-order valence-corrected chi connectivity index (χ2v) is 6.86. The summed E-state index contributed by atoms with van der Waals surface area (Å²) in [6.45, 7) is 4.66. The fourth-order valence-corrected chi connectivity index (χ4v) is 4.82. The fourth-order valence-electron chi connectivity index (χ4n) is 4.82. The first-order valence-corrected chi connectivity index (χ1v) is 8.03. The molecule has 4 rings (SSSR count). The molecule has 0 saturated heterocycles. The zero-order valence-corrected chi connectivity index (χ0v) is 12.8. The molecule has 108 valence electrons. The van der Waals surface area contributed by atoms with Crippen LogP contribution in [0.1, 0.15) is 50.2 Å². The highest BCUT2D eigenvalue weighted by Crippen LogP contribution is 2.58. The van der Waals surface area contributed by atoms with Gasteiger partial charge in [0.15, 0.2) is 0 Å². The molecule has 0 spiro atoms. The van der Waals surface area contributed by atoms with E-state index in [0.29, 0.717) is 17.1 Å². The average Bonchev–Trinajstić information content (AvgIpc) is 2.83. The number of aryl methyl sites for hydroxylation is 1. The molecule has 2 aromatic rings. The zero-order chi connectivity index (χ0) is 14.6.